The summed E-state index contributed by atoms with van der Waals surface area (Å²) in [5.74, 6) is 0. The minimum Gasteiger partial charge on any atom is -0.258 e. The second kappa shape index (κ2) is 4.99. The highest BCUT2D eigenvalue weighted by molar-refractivity contribution is 14.1. The van der Waals surface area contributed by atoms with Crippen molar-refractivity contribution in [3.05, 3.63) is 26.6 Å². The summed E-state index contributed by atoms with van der Waals surface area (Å²) in [7, 11) is 0. The molecule has 6 heteroatoms. The normalized spacial score (nSPS) is 9.73. The van der Waals surface area contributed by atoms with Crippen molar-refractivity contribution in [2.75, 3.05) is 0 Å². The van der Waals surface area contributed by atoms with Gasteiger partial charge in [0.1, 0.15) is 6.07 Å². The van der Waals surface area contributed by atoms with E-state index in [1.54, 1.807) is 28.7 Å². The largest absolute Gasteiger partial charge is 0.266 e. The van der Waals surface area contributed by atoms with Gasteiger partial charge in [0.25, 0.3) is 6.43 Å². The van der Waals surface area contributed by atoms with E-state index in [-0.39, 0.29) is 26.8 Å². The van der Waals surface area contributed by atoms with Gasteiger partial charge in [-0.05, 0) is 22.6 Å². The number of halogens is 3. The number of nitrogens with zero attached hydrogens (tertiary/aromatic N) is 3. The van der Waals surface area contributed by atoms with Gasteiger partial charge < -0.3 is 0 Å². The number of hydrogen-bond acceptors (Lipinski definition) is 3. The maximum Gasteiger partial charge on any atom is 0.266 e. The molecule has 0 bridgehead atoms. The summed E-state index contributed by atoms with van der Waals surface area (Å²) in [4.78, 5) is 3.69. The van der Waals surface area contributed by atoms with Crippen molar-refractivity contribution in [2.24, 2.45) is 0 Å². The Labute approximate surface area is 98.5 Å². The number of hydrogen-bond donors (Lipinski definition) is 0. The molecule has 0 saturated heterocycles. The Balaban J connectivity index is 3.35. The van der Waals surface area contributed by atoms with E-state index in [1.165, 1.54) is 0 Å². The van der Waals surface area contributed by atoms with E-state index in [4.69, 9.17) is 10.5 Å². The van der Waals surface area contributed by atoms with Gasteiger partial charge in [-0.2, -0.15) is 10.5 Å². The molecule has 0 aliphatic rings. The van der Waals surface area contributed by atoms with Crippen LogP contribution in [0.5, 0.6) is 0 Å². The van der Waals surface area contributed by atoms with Crippen LogP contribution < -0.4 is 0 Å². The first-order valence-corrected chi connectivity index (χ1v) is 4.92. The number of alkyl halides is 2. The lowest BCUT2D eigenvalue weighted by Gasteiger charge is -2.06. The van der Waals surface area contributed by atoms with Crippen LogP contribution >= 0.6 is 22.6 Å². The predicted molar refractivity (Wildman–Crippen MR) is 55.9 cm³/mol. The molecule has 0 saturated carbocycles. The van der Waals surface area contributed by atoms with Gasteiger partial charge in [-0.1, -0.05) is 0 Å². The number of pyridine rings is 1. The lowest BCUT2D eigenvalue weighted by atomic mass is 10.1. The first-order chi connectivity index (χ1) is 7.11. The van der Waals surface area contributed by atoms with Crippen LogP contribution in [0.15, 0.2) is 6.20 Å². The van der Waals surface area contributed by atoms with Gasteiger partial charge in [0.05, 0.1) is 29.3 Å². The predicted octanol–water partition coefficient (Wildman–Crippen LogP) is 2.56. The Kier molecular flexibility index (Phi) is 3.92. The molecular weight excluding hydrogens is 315 g/mol. The molecule has 0 radical (unpaired) electrons. The maximum absolute atomic E-state index is 12.4. The maximum atomic E-state index is 12.4. The zero-order valence-electron chi connectivity index (χ0n) is 7.34. The van der Waals surface area contributed by atoms with Crippen molar-refractivity contribution < 1.29 is 8.78 Å². The Morgan fingerprint density at radius 3 is 2.60 bits per heavy atom. The van der Waals surface area contributed by atoms with Crippen LogP contribution in [0.3, 0.4) is 0 Å². The second-order valence-electron chi connectivity index (χ2n) is 2.60. The van der Waals surface area contributed by atoms with E-state index in [1.807, 2.05) is 6.07 Å². The third-order valence-electron chi connectivity index (χ3n) is 1.71. The van der Waals surface area contributed by atoms with E-state index in [2.05, 4.69) is 4.98 Å². The molecule has 0 spiro atoms. The molecule has 1 aromatic heterocycles. The third kappa shape index (κ3) is 2.39. The third-order valence-corrected chi connectivity index (χ3v) is 2.88. The summed E-state index contributed by atoms with van der Waals surface area (Å²) in [5.41, 5.74) is 0.0394. The first-order valence-electron chi connectivity index (χ1n) is 3.84. The van der Waals surface area contributed by atoms with Gasteiger partial charge in [0.2, 0.25) is 0 Å². The monoisotopic (exact) mass is 319 g/mol. The molecule has 0 unspecified atom stereocenters. The SMILES string of the molecule is N#CCc1ncc(C(F)F)c(I)c1C#N. The van der Waals surface area contributed by atoms with E-state index in [9.17, 15) is 8.78 Å². The number of rotatable bonds is 2. The van der Waals surface area contributed by atoms with Gasteiger partial charge in [-0.3, -0.25) is 4.98 Å². The van der Waals surface area contributed by atoms with Crippen LogP contribution in [0.4, 0.5) is 8.78 Å². The molecule has 15 heavy (non-hydrogen) atoms. The standard InChI is InChI=1S/C9H4F2IN3/c10-9(11)6-4-15-7(1-2-13)5(3-14)8(6)12/h4,9H,1H2. The highest BCUT2D eigenvalue weighted by Gasteiger charge is 2.18. The summed E-state index contributed by atoms with van der Waals surface area (Å²) in [5, 5.41) is 17.2. The summed E-state index contributed by atoms with van der Waals surface area (Å²) in [6.45, 7) is 0. The van der Waals surface area contributed by atoms with Crippen molar-refractivity contribution in [1.82, 2.24) is 4.98 Å². The molecular formula is C9H4F2IN3. The number of nitriles is 2. The van der Waals surface area contributed by atoms with E-state index >= 15 is 0 Å². The topological polar surface area (TPSA) is 60.5 Å². The minimum atomic E-state index is -2.66. The fourth-order valence-electron chi connectivity index (χ4n) is 1.01. The van der Waals surface area contributed by atoms with Crippen LogP contribution in [0.2, 0.25) is 0 Å². The summed E-state index contributed by atoms with van der Waals surface area (Å²) < 4.78 is 25.1. The summed E-state index contributed by atoms with van der Waals surface area (Å²) in [6, 6.07) is 3.62. The van der Waals surface area contributed by atoms with Gasteiger partial charge in [0.15, 0.2) is 0 Å². The number of aromatic nitrogens is 1. The summed E-state index contributed by atoms with van der Waals surface area (Å²) in [6.07, 6.45) is -1.70. The first kappa shape index (κ1) is 11.8. The van der Waals surface area contributed by atoms with Crippen molar-refractivity contribution in [1.29, 1.82) is 10.5 Å². The fraction of sp³-hybridized carbons (Fsp3) is 0.222. The van der Waals surface area contributed by atoms with Crippen molar-refractivity contribution in [3.8, 4) is 12.1 Å². The van der Waals surface area contributed by atoms with Crippen LogP contribution in [0, 0.1) is 26.2 Å². The molecule has 0 amide bonds. The lowest BCUT2D eigenvalue weighted by Crippen LogP contribution is -2.01. The molecule has 1 aromatic rings. The molecule has 1 rings (SSSR count). The average Bonchev–Trinajstić information content (AvgIpc) is 2.18. The molecule has 0 aliphatic heterocycles. The zero-order chi connectivity index (χ0) is 11.4. The van der Waals surface area contributed by atoms with Gasteiger partial charge >= 0.3 is 0 Å². The molecule has 0 N–H and O–H groups in total. The van der Waals surface area contributed by atoms with Crippen LogP contribution in [-0.2, 0) is 6.42 Å². The zero-order valence-corrected chi connectivity index (χ0v) is 9.49. The Morgan fingerprint density at radius 1 is 1.47 bits per heavy atom. The average molecular weight is 319 g/mol. The summed E-state index contributed by atoms with van der Waals surface area (Å²) >= 11 is 1.67. The van der Waals surface area contributed by atoms with Gasteiger partial charge in [-0.15, -0.1) is 0 Å². The molecule has 0 aromatic carbocycles. The molecule has 1 heterocycles. The van der Waals surface area contributed by atoms with Crippen LogP contribution in [-0.4, -0.2) is 4.98 Å². The van der Waals surface area contributed by atoms with E-state index < -0.39 is 6.43 Å². The Morgan fingerprint density at radius 2 is 2.13 bits per heavy atom. The van der Waals surface area contributed by atoms with E-state index in [0.717, 1.165) is 6.20 Å². The van der Waals surface area contributed by atoms with E-state index in [0.29, 0.717) is 0 Å². The van der Waals surface area contributed by atoms with Crippen LogP contribution in [0.25, 0.3) is 0 Å². The quantitative estimate of drug-likeness (QED) is 0.787. The molecule has 0 fully saturated rings. The lowest BCUT2D eigenvalue weighted by molar-refractivity contribution is 0.150. The Bertz CT molecular complexity index is 460. The smallest absolute Gasteiger partial charge is 0.258 e. The fourth-order valence-corrected chi connectivity index (χ4v) is 1.82. The highest BCUT2D eigenvalue weighted by Crippen LogP contribution is 2.27. The van der Waals surface area contributed by atoms with Gasteiger partial charge in [-0.25, -0.2) is 8.78 Å². The minimum absolute atomic E-state index is 0.0532. The van der Waals surface area contributed by atoms with Crippen LogP contribution in [0.1, 0.15) is 23.2 Å². The molecule has 0 atom stereocenters. The molecule has 3 nitrogen and oxygen atoms in total. The Hall–Kier alpha value is -1.28. The van der Waals surface area contributed by atoms with Gasteiger partial charge in [0, 0.05) is 9.77 Å². The highest BCUT2D eigenvalue weighted by atomic mass is 127. The van der Waals surface area contributed by atoms with Crippen molar-refractivity contribution in [2.45, 2.75) is 12.8 Å². The molecule has 76 valence electrons. The molecule has 0 aliphatic carbocycles. The van der Waals surface area contributed by atoms with Crippen molar-refractivity contribution in [3.63, 3.8) is 0 Å². The second-order valence-corrected chi connectivity index (χ2v) is 3.68. The van der Waals surface area contributed by atoms with Crippen molar-refractivity contribution >= 4 is 22.6 Å².